The molecule has 2 unspecified atom stereocenters. The molecule has 1 aromatic carbocycles. The van der Waals surface area contributed by atoms with Crippen molar-refractivity contribution >= 4 is 23.3 Å². The predicted octanol–water partition coefficient (Wildman–Crippen LogP) is 5.73. The second-order valence-electron chi connectivity index (χ2n) is 13.7. The van der Waals surface area contributed by atoms with Crippen LogP contribution in [0.5, 0.6) is 6.01 Å². The van der Waals surface area contributed by atoms with Crippen LogP contribution in [-0.4, -0.2) is 82.3 Å². The Labute approximate surface area is 272 Å². The highest BCUT2D eigenvalue weighted by molar-refractivity contribution is 6.31. The number of carbonyl (C=O) groups excluding carboxylic acids is 1. The normalized spacial score (nSPS) is 31.8. The molecule has 7 rings (SSSR count). The van der Waals surface area contributed by atoms with Gasteiger partial charge in [-0.15, -0.1) is 0 Å². The molecule has 244 valence electrons. The lowest BCUT2D eigenvalue weighted by atomic mass is 9.68. The molecule has 1 amide bonds. The van der Waals surface area contributed by atoms with Crippen molar-refractivity contribution in [2.45, 2.75) is 93.7 Å². The molecule has 6 atom stereocenters. The second kappa shape index (κ2) is 11.7. The molecule has 0 N–H and O–H groups in total. The fraction of sp³-hybridized carbons (Fsp3) is 0.588. The van der Waals surface area contributed by atoms with Crippen LogP contribution in [0, 0.1) is 11.3 Å². The third kappa shape index (κ3) is 4.94. The zero-order valence-corrected chi connectivity index (χ0v) is 26.7. The number of hydrogen-bond acceptors (Lipinski definition) is 7. The lowest BCUT2D eigenvalue weighted by molar-refractivity contribution is -0.131. The Morgan fingerprint density at radius 2 is 1.96 bits per heavy atom. The number of carbonyl (C=O) groups is 1. The van der Waals surface area contributed by atoms with Gasteiger partial charge in [0.05, 0.1) is 29.8 Å². The van der Waals surface area contributed by atoms with Gasteiger partial charge in [0.1, 0.15) is 18.6 Å². The van der Waals surface area contributed by atoms with Gasteiger partial charge in [-0.3, -0.25) is 9.69 Å². The number of fused-ring (bicyclic) bond motifs is 4. The lowest BCUT2D eigenvalue weighted by Gasteiger charge is -2.43. The standard InChI is InChI=1S/C34H38ClF3N6O2/c1-20-6-10-33(16-22(37)17-44(20)33)19-46-32-40-28-25(8-12-34(29(28)38)11-7-24-26(34)4-3-5-27(24)35)30(41-32)42-14-15-43(31(45)21(2)36)23(18-42)9-13-39/h3-5,20,22-23,29H,2,6-12,14-19H2,1H3/t20?,22-,23-,29-,33?,34+/m0/s1. The number of aromatic nitrogens is 2. The molecule has 1 spiro atoms. The maximum Gasteiger partial charge on any atom is 0.318 e. The van der Waals surface area contributed by atoms with Gasteiger partial charge in [-0.05, 0) is 62.6 Å². The first-order chi connectivity index (χ1) is 22.1. The van der Waals surface area contributed by atoms with E-state index in [1.54, 1.807) is 0 Å². The van der Waals surface area contributed by atoms with Crippen LogP contribution in [0.4, 0.5) is 19.0 Å². The van der Waals surface area contributed by atoms with Crippen LogP contribution in [0.1, 0.15) is 74.0 Å². The number of nitrogens with zero attached hydrogens (tertiary/aromatic N) is 6. The first-order valence-electron chi connectivity index (χ1n) is 16.2. The van der Waals surface area contributed by atoms with E-state index in [0.717, 1.165) is 24.0 Å². The minimum Gasteiger partial charge on any atom is -0.461 e. The number of alkyl halides is 2. The van der Waals surface area contributed by atoms with E-state index in [-0.39, 0.29) is 43.9 Å². The van der Waals surface area contributed by atoms with Crippen molar-refractivity contribution in [2.24, 2.45) is 0 Å². The number of nitriles is 1. The topological polar surface area (TPSA) is 85.6 Å². The zero-order valence-electron chi connectivity index (χ0n) is 26.0. The van der Waals surface area contributed by atoms with Crippen molar-refractivity contribution in [3.8, 4) is 12.1 Å². The number of benzene rings is 1. The number of rotatable bonds is 6. The SMILES string of the molecule is C=C(F)C(=O)N1CCN(c2nc(OCC34CCC(C)N3C[C@@H](F)C4)nc3c2CC[C@@]2(CCc4c(Cl)cccc42)[C@H]3F)C[C@@H]1CC#N. The number of piperazine rings is 1. The molecule has 12 heteroatoms. The van der Waals surface area contributed by atoms with Crippen molar-refractivity contribution in [3.63, 3.8) is 0 Å². The van der Waals surface area contributed by atoms with E-state index in [1.807, 2.05) is 23.1 Å². The van der Waals surface area contributed by atoms with Crippen LogP contribution in [0.25, 0.3) is 0 Å². The summed E-state index contributed by atoms with van der Waals surface area (Å²) in [7, 11) is 0. The van der Waals surface area contributed by atoms with E-state index in [9.17, 15) is 18.8 Å². The maximum atomic E-state index is 17.2. The Morgan fingerprint density at radius 1 is 1.17 bits per heavy atom. The monoisotopic (exact) mass is 654 g/mol. The third-order valence-corrected chi connectivity index (χ3v) is 11.6. The molecule has 2 aromatic rings. The van der Waals surface area contributed by atoms with Gasteiger partial charge < -0.3 is 14.5 Å². The highest BCUT2D eigenvalue weighted by Gasteiger charge is 2.53. The minimum atomic E-state index is -1.45. The molecule has 8 nitrogen and oxygen atoms in total. The van der Waals surface area contributed by atoms with Crippen LogP contribution in [0.3, 0.4) is 0 Å². The summed E-state index contributed by atoms with van der Waals surface area (Å²) < 4.78 is 52.0. The molecule has 46 heavy (non-hydrogen) atoms. The van der Waals surface area contributed by atoms with Crippen molar-refractivity contribution in [1.82, 2.24) is 19.8 Å². The van der Waals surface area contributed by atoms with Gasteiger partial charge in [-0.2, -0.15) is 15.2 Å². The van der Waals surface area contributed by atoms with Crippen molar-refractivity contribution in [2.75, 3.05) is 37.7 Å². The predicted molar refractivity (Wildman–Crippen MR) is 167 cm³/mol. The summed E-state index contributed by atoms with van der Waals surface area (Å²) in [4.78, 5) is 27.6. The Bertz CT molecular complexity index is 1620. The van der Waals surface area contributed by atoms with Gasteiger partial charge in [-0.1, -0.05) is 30.3 Å². The van der Waals surface area contributed by atoms with Crippen LogP contribution >= 0.6 is 11.6 Å². The molecule has 3 aliphatic heterocycles. The van der Waals surface area contributed by atoms with Crippen LogP contribution < -0.4 is 9.64 Å². The van der Waals surface area contributed by atoms with Gasteiger partial charge in [0.25, 0.3) is 5.91 Å². The van der Waals surface area contributed by atoms with E-state index >= 15 is 4.39 Å². The number of hydrogen-bond donors (Lipinski definition) is 0. The number of ether oxygens (including phenoxy) is 1. The summed E-state index contributed by atoms with van der Waals surface area (Å²) >= 11 is 6.55. The van der Waals surface area contributed by atoms with Crippen molar-refractivity contribution < 1.29 is 22.7 Å². The average molecular weight is 655 g/mol. The Morgan fingerprint density at radius 3 is 2.72 bits per heavy atom. The summed E-state index contributed by atoms with van der Waals surface area (Å²) in [5, 5.41) is 10.2. The van der Waals surface area contributed by atoms with E-state index in [4.69, 9.17) is 26.3 Å². The maximum absolute atomic E-state index is 17.2. The van der Waals surface area contributed by atoms with E-state index in [2.05, 4.69) is 24.5 Å². The molecule has 3 saturated heterocycles. The molecule has 1 aromatic heterocycles. The first kappa shape index (κ1) is 31.3. The molecule has 0 saturated carbocycles. The summed E-state index contributed by atoms with van der Waals surface area (Å²) in [5.41, 5.74) is 1.60. The Balaban J connectivity index is 1.26. The van der Waals surface area contributed by atoms with Gasteiger partial charge in [0.15, 0.2) is 12.0 Å². The second-order valence-corrected chi connectivity index (χ2v) is 14.1. The number of halogens is 4. The molecule has 0 bridgehead atoms. The molecule has 2 aliphatic carbocycles. The largest absolute Gasteiger partial charge is 0.461 e. The first-order valence-corrected chi connectivity index (χ1v) is 16.6. The molecule has 0 radical (unpaired) electrons. The van der Waals surface area contributed by atoms with E-state index in [1.165, 1.54) is 4.90 Å². The van der Waals surface area contributed by atoms with Gasteiger partial charge in [-0.25, -0.2) is 13.2 Å². The number of amides is 1. The summed E-state index contributed by atoms with van der Waals surface area (Å²) in [6.45, 7) is 6.45. The Hall–Kier alpha value is -3.36. The van der Waals surface area contributed by atoms with E-state index in [0.29, 0.717) is 61.6 Å². The smallest absolute Gasteiger partial charge is 0.318 e. The van der Waals surface area contributed by atoms with Gasteiger partial charge in [0.2, 0.25) is 0 Å². The highest BCUT2D eigenvalue weighted by Crippen LogP contribution is 2.57. The van der Waals surface area contributed by atoms with Gasteiger partial charge >= 0.3 is 6.01 Å². The molecule has 5 aliphatic rings. The van der Waals surface area contributed by atoms with Crippen molar-refractivity contribution in [1.29, 1.82) is 5.26 Å². The lowest BCUT2D eigenvalue weighted by Crippen LogP contribution is -2.55. The summed E-state index contributed by atoms with van der Waals surface area (Å²) in [5.74, 6) is -1.42. The summed E-state index contributed by atoms with van der Waals surface area (Å²) in [6, 6.07) is 7.44. The van der Waals surface area contributed by atoms with E-state index < -0.39 is 41.1 Å². The molecular formula is C34H38ClF3N6O2. The molecular weight excluding hydrogens is 617 g/mol. The summed E-state index contributed by atoms with van der Waals surface area (Å²) in [6.07, 6.45) is 2.05. The highest BCUT2D eigenvalue weighted by atomic mass is 35.5. The number of anilines is 1. The van der Waals surface area contributed by atoms with Crippen LogP contribution in [0.15, 0.2) is 30.6 Å². The third-order valence-electron chi connectivity index (χ3n) is 11.3. The van der Waals surface area contributed by atoms with Crippen LogP contribution in [-0.2, 0) is 23.1 Å². The molecule has 4 heterocycles. The minimum absolute atomic E-state index is 0.0144. The zero-order chi connectivity index (χ0) is 32.4. The quantitative estimate of drug-likeness (QED) is 0.368. The molecule has 3 fully saturated rings. The Kier molecular flexibility index (Phi) is 7.95. The average Bonchev–Trinajstić information content (AvgIpc) is 3.68. The van der Waals surface area contributed by atoms with Crippen molar-refractivity contribution in [3.05, 3.63) is 58.0 Å². The van der Waals surface area contributed by atoms with Crippen LogP contribution in [0.2, 0.25) is 5.02 Å². The van der Waals surface area contributed by atoms with Gasteiger partial charge in [0, 0.05) is 54.6 Å². The fourth-order valence-electron chi connectivity index (χ4n) is 8.96. The fourth-order valence-corrected chi connectivity index (χ4v) is 9.23.